The number of rotatable bonds is 5. The molecule has 2 aliphatic heterocycles. The first kappa shape index (κ1) is 17.6. The summed E-state index contributed by atoms with van der Waals surface area (Å²) in [5.41, 5.74) is -0.216. The average Bonchev–Trinajstić information content (AvgIpc) is 3.31. The first-order valence-corrected chi connectivity index (χ1v) is 9.93. The molecule has 26 heavy (non-hydrogen) atoms. The fourth-order valence-corrected chi connectivity index (χ4v) is 4.67. The summed E-state index contributed by atoms with van der Waals surface area (Å²) in [6, 6.07) is 13.8. The third kappa shape index (κ3) is 3.41. The number of thioether (sulfide) groups is 1. The summed E-state index contributed by atoms with van der Waals surface area (Å²) in [5, 5.41) is 9.88. The number of aliphatic hydroxyl groups is 1. The normalized spacial score (nSPS) is 25.3. The van der Waals surface area contributed by atoms with E-state index in [-0.39, 0.29) is 23.8 Å². The smallest absolute Gasteiger partial charge is 0.289 e. The lowest BCUT2D eigenvalue weighted by Crippen LogP contribution is -2.41. The highest BCUT2D eigenvalue weighted by molar-refractivity contribution is 7.98. The van der Waals surface area contributed by atoms with Gasteiger partial charge in [0, 0.05) is 35.9 Å². The molecule has 4 rings (SSSR count). The van der Waals surface area contributed by atoms with Crippen LogP contribution in [-0.2, 0) is 10.5 Å². The molecule has 0 unspecified atom stereocenters. The van der Waals surface area contributed by atoms with Crippen molar-refractivity contribution in [3.63, 3.8) is 0 Å². The fraction of sp³-hybridized carbons (Fsp3) is 0.450. The van der Waals surface area contributed by atoms with E-state index in [0.717, 1.165) is 12.2 Å². The van der Waals surface area contributed by atoms with Gasteiger partial charge in [-0.25, -0.2) is 0 Å². The molecule has 2 aliphatic rings. The second-order valence-electron chi connectivity index (χ2n) is 7.10. The van der Waals surface area contributed by atoms with Crippen LogP contribution in [-0.4, -0.2) is 48.8 Å². The number of carbonyl (C=O) groups is 1. The fourth-order valence-electron chi connectivity index (χ4n) is 3.86. The van der Waals surface area contributed by atoms with Crippen molar-refractivity contribution in [1.29, 1.82) is 0 Å². The molecule has 1 aromatic carbocycles. The molecule has 3 heterocycles. The van der Waals surface area contributed by atoms with E-state index in [0.29, 0.717) is 37.8 Å². The Hall–Kier alpha value is -1.76. The Balaban J connectivity index is 1.40. The highest BCUT2D eigenvalue weighted by Crippen LogP contribution is 2.42. The van der Waals surface area contributed by atoms with E-state index in [1.807, 2.05) is 29.2 Å². The standard InChI is InChI=1S/C20H23NO4S/c22-14-20-8-9-24-11-15(20)10-21(13-20)19(23)18-7-6-16(25-18)12-26-17-4-2-1-3-5-17/h1-7,15,22H,8-14H2/t15-,20-/m1/s1. The van der Waals surface area contributed by atoms with Crippen molar-refractivity contribution in [1.82, 2.24) is 4.90 Å². The Morgan fingerprint density at radius 3 is 2.88 bits per heavy atom. The maximum Gasteiger partial charge on any atom is 0.289 e. The van der Waals surface area contributed by atoms with Gasteiger partial charge in [0.25, 0.3) is 5.91 Å². The Kier molecular flexibility index (Phi) is 5.07. The number of hydrogen-bond donors (Lipinski definition) is 1. The zero-order valence-electron chi connectivity index (χ0n) is 14.6. The van der Waals surface area contributed by atoms with Crippen LogP contribution in [0.1, 0.15) is 22.7 Å². The van der Waals surface area contributed by atoms with Crippen LogP contribution >= 0.6 is 11.8 Å². The predicted octanol–water partition coefficient (Wildman–Crippen LogP) is 3.04. The first-order chi connectivity index (χ1) is 12.7. The van der Waals surface area contributed by atoms with Gasteiger partial charge in [0.15, 0.2) is 5.76 Å². The molecule has 0 saturated carbocycles. The zero-order valence-corrected chi connectivity index (χ0v) is 15.4. The second kappa shape index (κ2) is 7.47. The molecular weight excluding hydrogens is 350 g/mol. The van der Waals surface area contributed by atoms with Crippen LogP contribution in [0.25, 0.3) is 0 Å². The number of furan rings is 1. The molecule has 1 amide bonds. The average molecular weight is 373 g/mol. The number of nitrogens with zero attached hydrogens (tertiary/aromatic N) is 1. The molecule has 138 valence electrons. The molecule has 1 aromatic heterocycles. The maximum absolute atomic E-state index is 12.8. The summed E-state index contributed by atoms with van der Waals surface area (Å²) >= 11 is 1.68. The molecule has 2 fully saturated rings. The highest BCUT2D eigenvalue weighted by atomic mass is 32.2. The Morgan fingerprint density at radius 1 is 1.27 bits per heavy atom. The Labute approximate surface area is 157 Å². The van der Waals surface area contributed by atoms with Crippen LogP contribution in [0.15, 0.2) is 51.8 Å². The molecule has 0 spiro atoms. The molecule has 5 nitrogen and oxygen atoms in total. The van der Waals surface area contributed by atoms with Gasteiger partial charge in [0.2, 0.25) is 0 Å². The summed E-state index contributed by atoms with van der Waals surface area (Å²) in [4.78, 5) is 15.8. The van der Waals surface area contributed by atoms with E-state index in [4.69, 9.17) is 9.15 Å². The zero-order chi connectivity index (χ0) is 18.0. The Morgan fingerprint density at radius 2 is 2.12 bits per heavy atom. The van der Waals surface area contributed by atoms with E-state index < -0.39 is 0 Å². The topological polar surface area (TPSA) is 62.9 Å². The minimum atomic E-state index is -0.216. The van der Waals surface area contributed by atoms with Gasteiger partial charge in [-0.3, -0.25) is 4.79 Å². The van der Waals surface area contributed by atoms with Crippen LogP contribution in [0.2, 0.25) is 0 Å². The van der Waals surface area contributed by atoms with Gasteiger partial charge < -0.3 is 19.2 Å². The van der Waals surface area contributed by atoms with Gasteiger partial charge in [0.1, 0.15) is 5.76 Å². The van der Waals surface area contributed by atoms with Gasteiger partial charge in [-0.15, -0.1) is 11.8 Å². The highest BCUT2D eigenvalue weighted by Gasteiger charge is 2.49. The van der Waals surface area contributed by atoms with E-state index in [1.54, 1.807) is 17.8 Å². The lowest BCUT2D eigenvalue weighted by molar-refractivity contribution is -0.0415. The second-order valence-corrected chi connectivity index (χ2v) is 8.14. The largest absolute Gasteiger partial charge is 0.455 e. The van der Waals surface area contributed by atoms with Crippen LogP contribution in [0.3, 0.4) is 0 Å². The number of aliphatic hydroxyl groups excluding tert-OH is 1. The van der Waals surface area contributed by atoms with E-state index in [2.05, 4.69) is 12.1 Å². The maximum atomic E-state index is 12.8. The van der Waals surface area contributed by atoms with E-state index in [9.17, 15) is 9.90 Å². The van der Waals surface area contributed by atoms with Crippen molar-refractivity contribution in [3.05, 3.63) is 54.0 Å². The van der Waals surface area contributed by atoms with E-state index >= 15 is 0 Å². The van der Waals surface area contributed by atoms with Crippen molar-refractivity contribution < 1.29 is 19.1 Å². The molecule has 0 bridgehead atoms. The molecule has 0 radical (unpaired) electrons. The van der Waals surface area contributed by atoms with Crippen molar-refractivity contribution in [2.24, 2.45) is 11.3 Å². The monoisotopic (exact) mass is 373 g/mol. The van der Waals surface area contributed by atoms with Gasteiger partial charge in [-0.1, -0.05) is 18.2 Å². The van der Waals surface area contributed by atoms with Gasteiger partial charge in [-0.2, -0.15) is 0 Å². The summed E-state index contributed by atoms with van der Waals surface area (Å²) in [7, 11) is 0. The van der Waals surface area contributed by atoms with Crippen LogP contribution in [0.5, 0.6) is 0 Å². The number of ether oxygens (including phenoxy) is 1. The van der Waals surface area contributed by atoms with Crippen molar-refractivity contribution >= 4 is 17.7 Å². The van der Waals surface area contributed by atoms with Crippen LogP contribution < -0.4 is 0 Å². The minimum absolute atomic E-state index is 0.0943. The predicted molar refractivity (Wildman–Crippen MR) is 99.1 cm³/mol. The number of benzene rings is 1. The van der Waals surface area contributed by atoms with Crippen molar-refractivity contribution in [2.75, 3.05) is 32.9 Å². The lowest BCUT2D eigenvalue weighted by Gasteiger charge is -2.36. The summed E-state index contributed by atoms with van der Waals surface area (Å²) in [6.45, 7) is 2.56. The van der Waals surface area contributed by atoms with Crippen molar-refractivity contribution in [3.8, 4) is 0 Å². The van der Waals surface area contributed by atoms with Gasteiger partial charge in [-0.05, 0) is 30.7 Å². The van der Waals surface area contributed by atoms with Gasteiger partial charge >= 0.3 is 0 Å². The summed E-state index contributed by atoms with van der Waals surface area (Å²) in [6.07, 6.45) is 0.801. The third-order valence-electron chi connectivity index (χ3n) is 5.47. The third-order valence-corrected chi connectivity index (χ3v) is 6.51. The quantitative estimate of drug-likeness (QED) is 0.816. The van der Waals surface area contributed by atoms with Crippen LogP contribution in [0, 0.1) is 11.3 Å². The molecule has 2 aromatic rings. The van der Waals surface area contributed by atoms with E-state index in [1.165, 1.54) is 4.90 Å². The number of fused-ring (bicyclic) bond motifs is 1. The summed E-state index contributed by atoms with van der Waals surface area (Å²) < 4.78 is 11.3. The van der Waals surface area contributed by atoms with Gasteiger partial charge in [0.05, 0.1) is 19.0 Å². The molecule has 1 N–H and O–H groups in total. The number of amides is 1. The number of carbonyl (C=O) groups excluding carboxylic acids is 1. The SMILES string of the molecule is O=C(c1ccc(CSc2ccccc2)o1)N1C[C@@H]2COCC[C@]2(CO)C1. The molecule has 2 atom stereocenters. The summed E-state index contributed by atoms with van der Waals surface area (Å²) in [5.74, 6) is 1.96. The molecular formula is C20H23NO4S. The first-order valence-electron chi connectivity index (χ1n) is 8.95. The molecule has 6 heteroatoms. The van der Waals surface area contributed by atoms with Crippen molar-refractivity contribution in [2.45, 2.75) is 17.1 Å². The van der Waals surface area contributed by atoms with Crippen LogP contribution in [0.4, 0.5) is 0 Å². The lowest BCUT2D eigenvalue weighted by atomic mass is 9.75. The number of hydrogen-bond acceptors (Lipinski definition) is 5. The minimum Gasteiger partial charge on any atom is -0.455 e. The number of likely N-dealkylation sites (tertiary alicyclic amines) is 1. The Bertz CT molecular complexity index is 762. The molecule has 0 aliphatic carbocycles. The molecule has 2 saturated heterocycles.